The fourth-order valence-corrected chi connectivity index (χ4v) is 2.87. The van der Waals surface area contributed by atoms with Gasteiger partial charge in [0.2, 0.25) is 0 Å². The van der Waals surface area contributed by atoms with Crippen LogP contribution in [0, 0.1) is 0 Å². The molecule has 0 aromatic carbocycles. The molecule has 3 heterocycles. The molecule has 0 aliphatic carbocycles. The van der Waals surface area contributed by atoms with Gasteiger partial charge in [0, 0.05) is 25.7 Å². The number of hydrogen-bond acceptors (Lipinski definition) is 7. The average Bonchev–Trinajstić information content (AvgIpc) is 3.35. The number of nitrogens with one attached hydrogen (secondary N) is 1. The number of aliphatic hydroxyl groups is 1. The molecule has 2 N–H and O–H groups in total. The Labute approximate surface area is 149 Å². The van der Waals surface area contributed by atoms with Crippen molar-refractivity contribution in [2.24, 2.45) is 0 Å². The highest BCUT2D eigenvalue weighted by Gasteiger charge is 2.28. The zero-order valence-electron chi connectivity index (χ0n) is 14.4. The third-order valence-corrected chi connectivity index (χ3v) is 4.19. The molecule has 0 radical (unpaired) electrons. The van der Waals surface area contributed by atoms with Crippen molar-refractivity contribution in [1.29, 1.82) is 0 Å². The van der Waals surface area contributed by atoms with E-state index in [0.717, 1.165) is 12.8 Å². The van der Waals surface area contributed by atoms with Crippen molar-refractivity contribution in [3.8, 4) is 5.95 Å². The van der Waals surface area contributed by atoms with Gasteiger partial charge in [-0.15, -0.1) is 5.10 Å². The van der Waals surface area contributed by atoms with E-state index in [1.807, 2.05) is 0 Å². The van der Waals surface area contributed by atoms with Gasteiger partial charge in [0.05, 0.1) is 26.0 Å². The largest absolute Gasteiger partial charge is 0.468 e. The van der Waals surface area contributed by atoms with E-state index < -0.39 is 5.91 Å². The van der Waals surface area contributed by atoms with Crippen LogP contribution in [-0.2, 0) is 0 Å². The lowest BCUT2D eigenvalue weighted by molar-refractivity contribution is 0.0633. The fourth-order valence-electron chi connectivity index (χ4n) is 2.87. The molecule has 1 aliphatic heterocycles. The smallest absolute Gasteiger partial charge is 0.289 e. The highest BCUT2D eigenvalue weighted by molar-refractivity contribution is 5.92. The van der Waals surface area contributed by atoms with Crippen LogP contribution < -0.4 is 10.1 Å². The Bertz CT molecular complexity index is 771. The van der Waals surface area contributed by atoms with Crippen LogP contribution in [0.25, 0.3) is 0 Å². The molecule has 0 saturated carbocycles. The summed E-state index contributed by atoms with van der Waals surface area (Å²) in [5.74, 6) is -0.0855. The predicted molar refractivity (Wildman–Crippen MR) is 88.9 cm³/mol. The van der Waals surface area contributed by atoms with Gasteiger partial charge in [-0.3, -0.25) is 9.59 Å². The summed E-state index contributed by atoms with van der Waals surface area (Å²) in [6.45, 7) is 1.08. The lowest BCUT2D eigenvalue weighted by Crippen LogP contribution is -2.40. The van der Waals surface area contributed by atoms with E-state index in [0.29, 0.717) is 13.1 Å². The van der Waals surface area contributed by atoms with Gasteiger partial charge in [0.1, 0.15) is 0 Å². The lowest BCUT2D eigenvalue weighted by Gasteiger charge is -2.31. The predicted octanol–water partition coefficient (Wildman–Crippen LogP) is 0.0791. The van der Waals surface area contributed by atoms with Crippen molar-refractivity contribution >= 4 is 11.8 Å². The normalized spacial score (nSPS) is 17.2. The van der Waals surface area contributed by atoms with Crippen LogP contribution in [0.5, 0.6) is 5.95 Å². The number of piperidine rings is 1. The number of carbonyl (C=O) groups excluding carboxylic acids is 2. The number of aliphatic hydroxyl groups excluding tert-OH is 1. The zero-order valence-corrected chi connectivity index (χ0v) is 14.4. The molecule has 1 fully saturated rings. The molecule has 2 aromatic heterocycles. The highest BCUT2D eigenvalue weighted by atomic mass is 16.6. The molecule has 10 heteroatoms. The number of rotatable bonds is 6. The van der Waals surface area contributed by atoms with E-state index in [9.17, 15) is 9.59 Å². The van der Waals surface area contributed by atoms with Gasteiger partial charge >= 0.3 is 0 Å². The van der Waals surface area contributed by atoms with E-state index in [1.165, 1.54) is 7.11 Å². The molecule has 2 aromatic rings. The van der Waals surface area contributed by atoms with Crippen LogP contribution in [0.3, 0.4) is 0 Å². The van der Waals surface area contributed by atoms with Crippen molar-refractivity contribution in [3.05, 3.63) is 29.8 Å². The third-order valence-electron chi connectivity index (χ3n) is 4.19. The van der Waals surface area contributed by atoms with Gasteiger partial charge in [-0.05, 0) is 18.9 Å². The summed E-state index contributed by atoms with van der Waals surface area (Å²) in [7, 11) is 1.48. The molecule has 1 atom stereocenters. The topological polar surface area (TPSA) is 123 Å². The van der Waals surface area contributed by atoms with Gasteiger partial charge in [0.25, 0.3) is 17.8 Å². The number of carbonyl (C=O) groups is 2. The monoisotopic (exact) mass is 363 g/mol. The summed E-state index contributed by atoms with van der Waals surface area (Å²) in [6, 6.07) is 3.11. The Hall–Kier alpha value is -2.88. The Morgan fingerprint density at radius 1 is 1.46 bits per heavy atom. The van der Waals surface area contributed by atoms with Crippen LogP contribution >= 0.6 is 0 Å². The standard InChI is InChI=1S/C16H21N5O5/c1-25-14-5-4-13(26-14)16(24)20-7-2-3-11(9-20)21-10-12(18-19-21)15(23)17-6-8-22/h4-5,10-11,22H,2-3,6-9H2,1H3,(H,17,23)/t11-/m0/s1. The number of likely N-dealkylation sites (tertiary alicyclic amines) is 1. The molecule has 26 heavy (non-hydrogen) atoms. The minimum absolute atomic E-state index is 0.0727. The molecule has 3 rings (SSSR count). The van der Waals surface area contributed by atoms with Crippen LogP contribution in [0.2, 0.25) is 0 Å². The maximum atomic E-state index is 12.6. The van der Waals surface area contributed by atoms with E-state index in [2.05, 4.69) is 15.6 Å². The summed E-state index contributed by atoms with van der Waals surface area (Å²) in [5.41, 5.74) is 0.178. The molecule has 10 nitrogen and oxygen atoms in total. The fraction of sp³-hybridized carbons (Fsp3) is 0.500. The van der Waals surface area contributed by atoms with Crippen molar-refractivity contribution in [2.45, 2.75) is 18.9 Å². The molecule has 0 bridgehead atoms. The first-order valence-corrected chi connectivity index (χ1v) is 8.36. The number of nitrogens with zero attached hydrogens (tertiary/aromatic N) is 4. The number of aromatic nitrogens is 3. The molecule has 140 valence electrons. The molecule has 0 unspecified atom stereocenters. The van der Waals surface area contributed by atoms with Crippen molar-refractivity contribution in [1.82, 2.24) is 25.2 Å². The first-order chi connectivity index (χ1) is 12.6. The first kappa shape index (κ1) is 17.9. The van der Waals surface area contributed by atoms with Gasteiger partial charge in [-0.2, -0.15) is 0 Å². The summed E-state index contributed by atoms with van der Waals surface area (Å²) < 4.78 is 11.9. The lowest BCUT2D eigenvalue weighted by atomic mass is 10.1. The Balaban J connectivity index is 1.65. The minimum atomic E-state index is -0.392. The van der Waals surface area contributed by atoms with E-state index in [4.69, 9.17) is 14.3 Å². The molecular formula is C16H21N5O5. The van der Waals surface area contributed by atoms with Crippen LogP contribution in [0.1, 0.15) is 39.9 Å². The molecule has 1 aliphatic rings. The average molecular weight is 363 g/mol. The third kappa shape index (κ3) is 3.85. The second-order valence-corrected chi connectivity index (χ2v) is 5.93. The van der Waals surface area contributed by atoms with E-state index in [1.54, 1.807) is 27.9 Å². The van der Waals surface area contributed by atoms with Crippen molar-refractivity contribution in [3.63, 3.8) is 0 Å². The van der Waals surface area contributed by atoms with Crippen LogP contribution in [0.15, 0.2) is 22.7 Å². The second-order valence-electron chi connectivity index (χ2n) is 5.93. The Morgan fingerprint density at radius 3 is 3.04 bits per heavy atom. The molecular weight excluding hydrogens is 342 g/mol. The summed E-state index contributed by atoms with van der Waals surface area (Å²) in [4.78, 5) is 26.1. The van der Waals surface area contributed by atoms with E-state index >= 15 is 0 Å². The molecule has 1 saturated heterocycles. The maximum Gasteiger partial charge on any atom is 0.289 e. The number of furan rings is 1. The van der Waals surface area contributed by atoms with Crippen LogP contribution in [-0.4, -0.2) is 70.2 Å². The zero-order chi connectivity index (χ0) is 18.5. The second kappa shape index (κ2) is 8.00. The number of ether oxygens (including phenoxy) is 1. The number of methoxy groups -OCH3 is 1. The first-order valence-electron chi connectivity index (χ1n) is 8.36. The van der Waals surface area contributed by atoms with Gasteiger partial charge in [-0.25, -0.2) is 4.68 Å². The van der Waals surface area contributed by atoms with E-state index in [-0.39, 0.29) is 42.5 Å². The maximum absolute atomic E-state index is 12.6. The summed E-state index contributed by atoms with van der Waals surface area (Å²) >= 11 is 0. The van der Waals surface area contributed by atoms with Crippen LogP contribution in [0.4, 0.5) is 0 Å². The van der Waals surface area contributed by atoms with Gasteiger partial charge in [-0.1, -0.05) is 5.21 Å². The van der Waals surface area contributed by atoms with Crippen molar-refractivity contribution in [2.75, 3.05) is 33.4 Å². The molecule has 0 spiro atoms. The minimum Gasteiger partial charge on any atom is -0.468 e. The quantitative estimate of drug-likeness (QED) is 0.745. The number of hydrogen-bond donors (Lipinski definition) is 2. The summed E-state index contributed by atoms with van der Waals surface area (Å²) in [6.07, 6.45) is 3.19. The highest BCUT2D eigenvalue weighted by Crippen LogP contribution is 2.24. The molecule has 2 amide bonds. The Kier molecular flexibility index (Phi) is 5.52. The Morgan fingerprint density at radius 2 is 2.31 bits per heavy atom. The van der Waals surface area contributed by atoms with Gasteiger partial charge < -0.3 is 24.5 Å². The SMILES string of the molecule is COc1ccc(C(=O)N2CCC[C@H](n3cc(C(=O)NCCO)nn3)C2)o1. The summed E-state index contributed by atoms with van der Waals surface area (Å²) in [5, 5.41) is 19.2. The van der Waals surface area contributed by atoms with Crippen molar-refractivity contribution < 1.29 is 23.8 Å². The number of amides is 2. The van der Waals surface area contributed by atoms with Gasteiger partial charge in [0.15, 0.2) is 11.5 Å².